The average Bonchev–Trinajstić information content (AvgIpc) is 3.25. The Hall–Kier alpha value is -4.45. The molecule has 0 N–H and O–H groups in total. The molecule has 176 valence electrons. The van der Waals surface area contributed by atoms with E-state index in [-0.39, 0.29) is 18.0 Å². The van der Waals surface area contributed by atoms with E-state index in [1.807, 2.05) is 60.3 Å². The first-order valence-electron chi connectivity index (χ1n) is 11.2. The zero-order valence-corrected chi connectivity index (χ0v) is 19.7. The van der Waals surface area contributed by atoms with Crippen LogP contribution in [0.15, 0.2) is 85.2 Å². The predicted molar refractivity (Wildman–Crippen MR) is 137 cm³/mol. The monoisotopic (exact) mass is 466 g/mol. The number of pyridine rings is 1. The SMILES string of the molecule is COc1cc(OCc2ccccn2)ccc1/C=C/C(=O)CC(=O)/C=C/c1ccc2ccn(C)c2c1. The molecule has 0 radical (unpaired) electrons. The number of benzene rings is 2. The van der Waals surface area contributed by atoms with Crippen LogP contribution in [0.25, 0.3) is 23.1 Å². The van der Waals surface area contributed by atoms with E-state index >= 15 is 0 Å². The number of fused-ring (bicyclic) bond motifs is 1. The number of allylic oxidation sites excluding steroid dienone is 2. The summed E-state index contributed by atoms with van der Waals surface area (Å²) in [6.45, 7) is 0.340. The highest BCUT2D eigenvalue weighted by atomic mass is 16.5. The van der Waals surface area contributed by atoms with Crippen LogP contribution in [0.1, 0.15) is 23.2 Å². The molecular weight excluding hydrogens is 440 g/mol. The normalized spacial score (nSPS) is 11.4. The van der Waals surface area contributed by atoms with E-state index in [0.717, 1.165) is 22.2 Å². The van der Waals surface area contributed by atoms with E-state index in [4.69, 9.17) is 9.47 Å². The Morgan fingerprint density at radius 2 is 1.80 bits per heavy atom. The second kappa shape index (κ2) is 11.1. The maximum absolute atomic E-state index is 12.3. The number of hydrogen-bond acceptors (Lipinski definition) is 5. The minimum absolute atomic E-state index is 0.201. The second-order valence-corrected chi connectivity index (χ2v) is 8.03. The van der Waals surface area contributed by atoms with Gasteiger partial charge in [-0.05, 0) is 65.6 Å². The highest BCUT2D eigenvalue weighted by Crippen LogP contribution is 2.26. The topological polar surface area (TPSA) is 70.4 Å². The van der Waals surface area contributed by atoms with Gasteiger partial charge < -0.3 is 14.0 Å². The van der Waals surface area contributed by atoms with Gasteiger partial charge in [0.1, 0.15) is 18.1 Å². The van der Waals surface area contributed by atoms with Crippen molar-refractivity contribution in [3.8, 4) is 11.5 Å². The molecule has 0 aliphatic heterocycles. The van der Waals surface area contributed by atoms with Gasteiger partial charge in [-0.2, -0.15) is 0 Å². The fourth-order valence-electron chi connectivity index (χ4n) is 3.60. The third-order valence-electron chi connectivity index (χ3n) is 5.49. The number of ether oxygens (including phenoxy) is 2. The Labute approximate surface area is 204 Å². The van der Waals surface area contributed by atoms with Gasteiger partial charge in [0.2, 0.25) is 0 Å². The first kappa shape index (κ1) is 23.7. The second-order valence-electron chi connectivity index (χ2n) is 8.03. The van der Waals surface area contributed by atoms with Gasteiger partial charge in [-0.15, -0.1) is 0 Å². The molecule has 0 unspecified atom stereocenters. The van der Waals surface area contributed by atoms with Crippen molar-refractivity contribution >= 4 is 34.6 Å². The number of carbonyl (C=O) groups excluding carboxylic acids is 2. The van der Waals surface area contributed by atoms with Gasteiger partial charge in [0, 0.05) is 36.6 Å². The third-order valence-corrected chi connectivity index (χ3v) is 5.49. The zero-order valence-electron chi connectivity index (χ0n) is 19.7. The molecule has 0 spiro atoms. The number of aromatic nitrogens is 2. The minimum Gasteiger partial charge on any atom is -0.496 e. The van der Waals surface area contributed by atoms with Crippen LogP contribution in [0, 0.1) is 0 Å². The van der Waals surface area contributed by atoms with E-state index in [9.17, 15) is 9.59 Å². The Morgan fingerprint density at radius 1 is 0.971 bits per heavy atom. The molecule has 35 heavy (non-hydrogen) atoms. The van der Waals surface area contributed by atoms with Crippen LogP contribution in [-0.4, -0.2) is 28.2 Å². The molecule has 0 saturated carbocycles. The van der Waals surface area contributed by atoms with Gasteiger partial charge >= 0.3 is 0 Å². The summed E-state index contributed by atoms with van der Waals surface area (Å²) in [4.78, 5) is 28.8. The number of nitrogens with zero attached hydrogens (tertiary/aromatic N) is 2. The van der Waals surface area contributed by atoms with Crippen LogP contribution in [0.5, 0.6) is 11.5 Å². The van der Waals surface area contributed by atoms with Gasteiger partial charge in [0.05, 0.1) is 19.2 Å². The molecule has 4 aromatic rings. The van der Waals surface area contributed by atoms with Gasteiger partial charge in [0.15, 0.2) is 11.6 Å². The van der Waals surface area contributed by atoms with Crippen molar-refractivity contribution in [1.82, 2.24) is 9.55 Å². The zero-order chi connectivity index (χ0) is 24.6. The van der Waals surface area contributed by atoms with Crippen molar-refractivity contribution in [2.45, 2.75) is 13.0 Å². The Balaban J connectivity index is 1.34. The lowest BCUT2D eigenvalue weighted by Gasteiger charge is -2.09. The molecule has 0 atom stereocenters. The van der Waals surface area contributed by atoms with E-state index in [2.05, 4.69) is 4.98 Å². The highest BCUT2D eigenvalue weighted by Gasteiger charge is 2.07. The number of hydrogen-bond donors (Lipinski definition) is 0. The summed E-state index contributed by atoms with van der Waals surface area (Å²) in [6.07, 6.45) is 9.73. The number of ketones is 2. The van der Waals surface area contributed by atoms with Crippen molar-refractivity contribution < 1.29 is 19.1 Å². The fourth-order valence-corrected chi connectivity index (χ4v) is 3.60. The molecule has 0 bridgehead atoms. The third kappa shape index (κ3) is 6.32. The van der Waals surface area contributed by atoms with E-state index in [1.165, 1.54) is 12.2 Å². The van der Waals surface area contributed by atoms with Crippen molar-refractivity contribution in [2.75, 3.05) is 7.11 Å². The summed E-state index contributed by atoms with van der Waals surface area (Å²) in [5, 5.41) is 1.14. The van der Waals surface area contributed by atoms with Crippen LogP contribution in [0.4, 0.5) is 0 Å². The summed E-state index contributed by atoms with van der Waals surface area (Å²) < 4.78 is 13.2. The van der Waals surface area contributed by atoms with Gasteiger partial charge in [-0.25, -0.2) is 0 Å². The van der Waals surface area contributed by atoms with Crippen LogP contribution in [0.2, 0.25) is 0 Å². The van der Waals surface area contributed by atoms with Gasteiger partial charge in [-0.3, -0.25) is 14.6 Å². The first-order chi connectivity index (χ1) is 17.0. The molecule has 0 aliphatic rings. The molecule has 6 nitrogen and oxygen atoms in total. The van der Waals surface area contributed by atoms with Crippen LogP contribution < -0.4 is 9.47 Å². The molecule has 0 fully saturated rings. The van der Waals surface area contributed by atoms with Crippen molar-refractivity contribution in [1.29, 1.82) is 0 Å². The lowest BCUT2D eigenvalue weighted by atomic mass is 10.1. The summed E-state index contributed by atoms with van der Waals surface area (Å²) in [5.41, 5.74) is 3.52. The molecule has 0 aliphatic carbocycles. The maximum Gasteiger partial charge on any atom is 0.163 e. The van der Waals surface area contributed by atoms with Crippen molar-refractivity contribution in [3.63, 3.8) is 0 Å². The van der Waals surface area contributed by atoms with Crippen molar-refractivity contribution in [3.05, 3.63) is 102 Å². The molecule has 0 saturated heterocycles. The average molecular weight is 467 g/mol. The van der Waals surface area contributed by atoms with E-state index < -0.39 is 0 Å². The lowest BCUT2D eigenvalue weighted by molar-refractivity contribution is -0.121. The Kier molecular flexibility index (Phi) is 7.53. The number of methoxy groups -OCH3 is 1. The van der Waals surface area contributed by atoms with Gasteiger partial charge in [0.25, 0.3) is 0 Å². The van der Waals surface area contributed by atoms with Crippen LogP contribution >= 0.6 is 0 Å². The van der Waals surface area contributed by atoms with E-state index in [1.54, 1.807) is 43.7 Å². The quantitative estimate of drug-likeness (QED) is 0.231. The Bertz CT molecular complexity index is 1400. The largest absolute Gasteiger partial charge is 0.496 e. The maximum atomic E-state index is 12.3. The number of rotatable bonds is 10. The minimum atomic E-state index is -0.282. The molecule has 2 heterocycles. The van der Waals surface area contributed by atoms with E-state index in [0.29, 0.717) is 23.7 Å². The predicted octanol–water partition coefficient (Wildman–Crippen LogP) is 5.42. The highest BCUT2D eigenvalue weighted by molar-refractivity contribution is 6.11. The summed E-state index contributed by atoms with van der Waals surface area (Å²) in [6, 6.07) is 19.0. The first-order valence-corrected chi connectivity index (χ1v) is 11.2. The summed E-state index contributed by atoms with van der Waals surface area (Å²) >= 11 is 0. The summed E-state index contributed by atoms with van der Waals surface area (Å²) in [7, 11) is 3.53. The fraction of sp³-hybridized carbons (Fsp3) is 0.138. The Morgan fingerprint density at radius 3 is 2.57 bits per heavy atom. The van der Waals surface area contributed by atoms with Crippen LogP contribution in [0.3, 0.4) is 0 Å². The molecule has 6 heteroatoms. The molecule has 0 amide bonds. The smallest absolute Gasteiger partial charge is 0.163 e. The molecular formula is C29H26N2O4. The molecule has 2 aromatic heterocycles. The standard InChI is InChI=1S/C29H26N2O4/c1-31-16-14-22-8-6-21(17-28(22)31)7-11-25(32)18-26(33)12-9-23-10-13-27(19-29(23)34-2)35-20-24-5-3-4-15-30-24/h3-17,19H,18,20H2,1-2H3/b11-7+,12-9+. The number of aryl methyl sites for hydroxylation is 1. The molecule has 4 rings (SSSR count). The lowest BCUT2D eigenvalue weighted by Crippen LogP contribution is -2.02. The number of carbonyl (C=O) groups is 2. The van der Waals surface area contributed by atoms with Gasteiger partial charge in [-0.1, -0.05) is 24.3 Å². The summed E-state index contributed by atoms with van der Waals surface area (Å²) in [5.74, 6) is 0.659. The van der Waals surface area contributed by atoms with Crippen LogP contribution in [-0.2, 0) is 23.2 Å². The van der Waals surface area contributed by atoms with Crippen molar-refractivity contribution in [2.24, 2.45) is 7.05 Å². The molecule has 2 aromatic carbocycles.